The highest BCUT2D eigenvalue weighted by molar-refractivity contribution is 8.59. The van der Waals surface area contributed by atoms with E-state index in [-0.39, 0.29) is 0 Å². The molecule has 22 heavy (non-hydrogen) atoms. The van der Waals surface area contributed by atoms with E-state index in [2.05, 4.69) is 9.97 Å². The van der Waals surface area contributed by atoms with Gasteiger partial charge in [-0.15, -0.1) is 0 Å². The molecule has 0 saturated heterocycles. The van der Waals surface area contributed by atoms with Gasteiger partial charge in [0.2, 0.25) is 20.0 Å². The number of imidazole rings is 2. The number of nitrogens with zero attached hydrogens (tertiary/aromatic N) is 4. The lowest BCUT2D eigenvalue weighted by molar-refractivity contribution is 0.671. The molecule has 110 valence electrons. The lowest BCUT2D eigenvalue weighted by Crippen LogP contribution is -2.15. The monoisotopic (exact) mass is 330 g/mol. The van der Waals surface area contributed by atoms with Gasteiger partial charge in [-0.05, 0) is 24.3 Å². The van der Waals surface area contributed by atoms with Crippen LogP contribution in [0.2, 0.25) is 0 Å². The van der Waals surface area contributed by atoms with Crippen molar-refractivity contribution in [1.82, 2.24) is 17.9 Å². The molecule has 2 unspecified atom stereocenters. The molecule has 0 fully saturated rings. The van der Waals surface area contributed by atoms with Crippen molar-refractivity contribution in [3.8, 4) is 0 Å². The lowest BCUT2D eigenvalue weighted by atomic mass is 10.3. The fraction of sp³-hybridized carbons (Fsp3) is 0. The second-order valence-corrected chi connectivity index (χ2v) is 7.92. The van der Waals surface area contributed by atoms with Crippen molar-refractivity contribution in [2.24, 2.45) is 0 Å². The van der Waals surface area contributed by atoms with E-state index in [1.165, 1.54) is 20.6 Å². The topological polar surface area (TPSA) is 69.8 Å². The van der Waals surface area contributed by atoms with E-state index in [0.717, 1.165) is 0 Å². The number of benzene rings is 2. The van der Waals surface area contributed by atoms with Gasteiger partial charge < -0.3 is 0 Å². The number of rotatable bonds is 3. The standard InChI is InChI=1S/C14H10N4O2S2/c19-21(17-9-15-11-5-1-3-7-13(11)17)22(20)18-10-16-12-6-2-4-8-14(12)18/h1-10H. The zero-order valence-corrected chi connectivity index (χ0v) is 12.8. The van der Waals surface area contributed by atoms with Gasteiger partial charge in [-0.1, -0.05) is 24.3 Å². The summed E-state index contributed by atoms with van der Waals surface area (Å²) in [6.45, 7) is 0. The lowest BCUT2D eigenvalue weighted by Gasteiger charge is -2.05. The summed E-state index contributed by atoms with van der Waals surface area (Å²) in [6.07, 6.45) is 2.88. The molecule has 4 aromatic rings. The van der Waals surface area contributed by atoms with Crippen molar-refractivity contribution in [3.05, 3.63) is 61.2 Å². The molecule has 2 aromatic heterocycles. The maximum atomic E-state index is 12.6. The third-order valence-corrected chi connectivity index (χ3v) is 6.45. The van der Waals surface area contributed by atoms with Crippen LogP contribution in [0.5, 0.6) is 0 Å². The molecule has 0 N–H and O–H groups in total. The quantitative estimate of drug-likeness (QED) is 0.539. The molecular formula is C14H10N4O2S2. The summed E-state index contributed by atoms with van der Waals surface area (Å²) in [7, 11) is -3.62. The van der Waals surface area contributed by atoms with Crippen LogP contribution in [0.15, 0.2) is 61.2 Å². The molecule has 0 aliphatic carbocycles. The largest absolute Gasteiger partial charge is 0.239 e. The van der Waals surface area contributed by atoms with Crippen LogP contribution in [0.1, 0.15) is 0 Å². The summed E-state index contributed by atoms with van der Waals surface area (Å²) in [6, 6.07) is 14.6. The summed E-state index contributed by atoms with van der Waals surface area (Å²) in [5.41, 5.74) is 2.78. The van der Waals surface area contributed by atoms with E-state index < -0.39 is 20.0 Å². The highest BCUT2D eigenvalue weighted by atomic mass is 33.1. The van der Waals surface area contributed by atoms with Gasteiger partial charge in [0.25, 0.3) is 0 Å². The average molecular weight is 330 g/mol. The Morgan fingerprint density at radius 2 is 1.09 bits per heavy atom. The molecule has 0 aliphatic heterocycles. The van der Waals surface area contributed by atoms with Gasteiger partial charge >= 0.3 is 0 Å². The van der Waals surface area contributed by atoms with Crippen molar-refractivity contribution in [1.29, 1.82) is 0 Å². The first-order valence-corrected chi connectivity index (χ1v) is 9.18. The molecule has 0 spiro atoms. The predicted molar refractivity (Wildman–Crippen MR) is 86.5 cm³/mol. The molecule has 2 heterocycles. The van der Waals surface area contributed by atoms with E-state index in [0.29, 0.717) is 22.1 Å². The van der Waals surface area contributed by atoms with Crippen LogP contribution < -0.4 is 0 Å². The summed E-state index contributed by atoms with van der Waals surface area (Å²) in [5, 5.41) is 0. The smallest absolute Gasteiger partial charge is 0.236 e. The molecule has 4 rings (SSSR count). The number of para-hydroxylation sites is 4. The Labute approximate surface area is 130 Å². The molecule has 0 saturated carbocycles. The van der Waals surface area contributed by atoms with Crippen molar-refractivity contribution in [3.63, 3.8) is 0 Å². The van der Waals surface area contributed by atoms with Gasteiger partial charge in [-0.2, -0.15) is 0 Å². The molecule has 6 nitrogen and oxygen atoms in total. The van der Waals surface area contributed by atoms with Crippen LogP contribution in [0.25, 0.3) is 22.1 Å². The minimum absolute atomic E-state index is 0.679. The van der Waals surface area contributed by atoms with E-state index >= 15 is 0 Å². The predicted octanol–water partition coefficient (Wildman–Crippen LogP) is 2.02. The number of fused-ring (bicyclic) bond motifs is 2. The maximum Gasteiger partial charge on any atom is 0.239 e. The first-order valence-electron chi connectivity index (χ1n) is 6.45. The minimum Gasteiger partial charge on any atom is -0.236 e. The molecule has 0 amide bonds. The Hall–Kier alpha value is -2.32. The SMILES string of the molecule is O=S(n1cnc2ccccc21)S(=O)n1cnc2ccccc21. The Balaban J connectivity index is 1.81. The summed E-state index contributed by atoms with van der Waals surface area (Å²) in [5.74, 6) is 0. The fourth-order valence-corrected chi connectivity index (χ4v) is 4.94. The summed E-state index contributed by atoms with van der Waals surface area (Å²) >= 11 is 0. The second-order valence-electron chi connectivity index (χ2n) is 4.55. The van der Waals surface area contributed by atoms with E-state index in [1.807, 2.05) is 36.4 Å². The molecule has 2 atom stereocenters. The third kappa shape index (κ3) is 1.99. The number of hydrogen-bond donors (Lipinski definition) is 0. The van der Waals surface area contributed by atoms with E-state index in [1.54, 1.807) is 12.1 Å². The van der Waals surface area contributed by atoms with E-state index in [9.17, 15) is 8.42 Å². The second kappa shape index (κ2) is 5.15. The first-order chi connectivity index (χ1) is 10.8. The molecule has 0 aliphatic rings. The molecule has 2 aromatic carbocycles. The van der Waals surface area contributed by atoms with Crippen molar-refractivity contribution in [2.45, 2.75) is 0 Å². The zero-order chi connectivity index (χ0) is 15.1. The number of aromatic nitrogens is 4. The van der Waals surface area contributed by atoms with Gasteiger partial charge in [0.05, 0.1) is 22.1 Å². The van der Waals surface area contributed by atoms with Crippen LogP contribution in [0, 0.1) is 0 Å². The molecule has 8 heteroatoms. The van der Waals surface area contributed by atoms with Gasteiger partial charge in [-0.3, -0.25) is 0 Å². The summed E-state index contributed by atoms with van der Waals surface area (Å²) < 4.78 is 28.1. The van der Waals surface area contributed by atoms with Crippen LogP contribution in [0.4, 0.5) is 0 Å². The Morgan fingerprint density at radius 3 is 1.55 bits per heavy atom. The van der Waals surface area contributed by atoms with Crippen LogP contribution >= 0.6 is 0 Å². The highest BCUT2D eigenvalue weighted by Crippen LogP contribution is 2.18. The fourth-order valence-electron chi connectivity index (χ4n) is 2.25. The maximum absolute atomic E-state index is 12.6. The minimum atomic E-state index is -1.81. The first kappa shape index (κ1) is 13.4. The van der Waals surface area contributed by atoms with Crippen molar-refractivity contribution in [2.75, 3.05) is 0 Å². The van der Waals surface area contributed by atoms with Crippen LogP contribution in [0.3, 0.4) is 0 Å². The van der Waals surface area contributed by atoms with Crippen molar-refractivity contribution >= 4 is 42.1 Å². The highest BCUT2D eigenvalue weighted by Gasteiger charge is 2.19. The van der Waals surface area contributed by atoms with Crippen LogP contribution in [-0.4, -0.2) is 26.3 Å². The Morgan fingerprint density at radius 1 is 0.682 bits per heavy atom. The van der Waals surface area contributed by atoms with Gasteiger partial charge in [-0.25, -0.2) is 26.3 Å². The number of hydrogen-bond acceptors (Lipinski definition) is 4. The van der Waals surface area contributed by atoms with E-state index in [4.69, 9.17) is 0 Å². The van der Waals surface area contributed by atoms with Crippen molar-refractivity contribution < 1.29 is 8.42 Å². The molecule has 0 bridgehead atoms. The van der Waals surface area contributed by atoms with Gasteiger partial charge in [0, 0.05) is 0 Å². The summed E-state index contributed by atoms with van der Waals surface area (Å²) in [4.78, 5) is 8.35. The Bertz CT molecular complexity index is 953. The van der Waals surface area contributed by atoms with Crippen LogP contribution in [-0.2, 0) is 20.0 Å². The molecule has 0 radical (unpaired) electrons. The zero-order valence-electron chi connectivity index (χ0n) is 11.2. The normalized spacial score (nSPS) is 14.4. The van der Waals surface area contributed by atoms with Gasteiger partial charge in [0.15, 0.2) is 0 Å². The van der Waals surface area contributed by atoms with Gasteiger partial charge in [0.1, 0.15) is 12.7 Å². The Kier molecular flexibility index (Phi) is 3.12. The third-order valence-electron chi connectivity index (χ3n) is 3.28. The average Bonchev–Trinajstić information content (AvgIpc) is 3.17. The molecular weight excluding hydrogens is 320 g/mol.